The molecular formula is C24H30NOP. The van der Waals surface area contributed by atoms with Gasteiger partial charge in [-0.15, -0.1) is 0 Å². The molecule has 1 heterocycles. The van der Waals surface area contributed by atoms with Gasteiger partial charge in [0.15, 0.2) is 5.90 Å². The van der Waals surface area contributed by atoms with Crippen LogP contribution in [0.15, 0.2) is 65.7 Å². The monoisotopic (exact) mass is 379 g/mol. The van der Waals surface area contributed by atoms with Crippen molar-refractivity contribution in [3.8, 4) is 0 Å². The van der Waals surface area contributed by atoms with Crippen LogP contribution in [0.25, 0.3) is 0 Å². The molecule has 2 aliphatic rings. The SMILES string of the molecule is CCC(C)[C@H]1COC(C2CCCC2P(c2ccccc2)c2ccccc2)=N1. The molecule has 142 valence electrons. The first-order chi connectivity index (χ1) is 13.3. The van der Waals surface area contributed by atoms with Gasteiger partial charge in [-0.1, -0.05) is 87.4 Å². The van der Waals surface area contributed by atoms with Crippen LogP contribution in [0.5, 0.6) is 0 Å². The van der Waals surface area contributed by atoms with E-state index in [2.05, 4.69) is 74.5 Å². The molecule has 0 spiro atoms. The predicted octanol–water partition coefficient (Wildman–Crippen LogP) is 5.13. The van der Waals surface area contributed by atoms with Crippen molar-refractivity contribution in [2.45, 2.75) is 51.2 Å². The van der Waals surface area contributed by atoms with Crippen LogP contribution in [0.4, 0.5) is 0 Å². The second-order valence-electron chi connectivity index (χ2n) is 7.88. The molecule has 0 aromatic heterocycles. The maximum absolute atomic E-state index is 6.18. The van der Waals surface area contributed by atoms with Crippen LogP contribution in [0.2, 0.25) is 0 Å². The normalized spacial score (nSPS) is 26.0. The molecule has 1 saturated carbocycles. The minimum Gasteiger partial charge on any atom is -0.478 e. The van der Waals surface area contributed by atoms with Crippen LogP contribution in [-0.4, -0.2) is 24.2 Å². The fourth-order valence-electron chi connectivity index (χ4n) is 4.42. The molecule has 2 aromatic rings. The van der Waals surface area contributed by atoms with Crippen LogP contribution >= 0.6 is 7.92 Å². The molecule has 0 amide bonds. The summed E-state index contributed by atoms with van der Waals surface area (Å²) >= 11 is 0. The summed E-state index contributed by atoms with van der Waals surface area (Å²) in [4.78, 5) is 5.07. The van der Waals surface area contributed by atoms with Crippen LogP contribution in [0.1, 0.15) is 39.5 Å². The number of ether oxygens (including phenoxy) is 1. The van der Waals surface area contributed by atoms with Gasteiger partial charge in [0.1, 0.15) is 6.61 Å². The topological polar surface area (TPSA) is 21.6 Å². The van der Waals surface area contributed by atoms with E-state index in [1.54, 1.807) is 0 Å². The Morgan fingerprint density at radius 1 is 1.00 bits per heavy atom. The molecule has 0 radical (unpaired) electrons. The lowest BCUT2D eigenvalue weighted by Crippen LogP contribution is -2.29. The van der Waals surface area contributed by atoms with E-state index in [1.807, 2.05) is 0 Å². The number of benzene rings is 2. The summed E-state index contributed by atoms with van der Waals surface area (Å²) in [5, 5.41) is 2.96. The molecule has 2 nitrogen and oxygen atoms in total. The summed E-state index contributed by atoms with van der Waals surface area (Å²) in [5.74, 6) is 2.14. The molecule has 1 aliphatic heterocycles. The zero-order chi connectivity index (χ0) is 18.6. The van der Waals surface area contributed by atoms with Crippen LogP contribution in [0.3, 0.4) is 0 Å². The molecule has 1 aliphatic carbocycles. The van der Waals surface area contributed by atoms with Crippen molar-refractivity contribution in [3.05, 3.63) is 60.7 Å². The average Bonchev–Trinajstić information content (AvgIpc) is 3.39. The van der Waals surface area contributed by atoms with Gasteiger partial charge in [-0.3, -0.25) is 0 Å². The van der Waals surface area contributed by atoms with Crippen molar-refractivity contribution in [2.75, 3.05) is 6.61 Å². The number of aliphatic imine (C=N–C) groups is 1. The number of rotatable bonds is 6. The van der Waals surface area contributed by atoms with E-state index >= 15 is 0 Å². The van der Waals surface area contributed by atoms with E-state index in [-0.39, 0.29) is 0 Å². The second kappa shape index (κ2) is 8.57. The summed E-state index contributed by atoms with van der Waals surface area (Å²) in [7, 11) is -0.401. The Labute approximate surface area is 164 Å². The summed E-state index contributed by atoms with van der Waals surface area (Å²) in [5.41, 5.74) is 0.624. The molecule has 0 bridgehead atoms. The minimum atomic E-state index is -0.401. The first-order valence-electron chi connectivity index (χ1n) is 10.4. The van der Waals surface area contributed by atoms with Crippen molar-refractivity contribution >= 4 is 24.4 Å². The molecule has 3 unspecified atom stereocenters. The number of hydrogen-bond acceptors (Lipinski definition) is 2. The Kier molecular flexibility index (Phi) is 5.93. The van der Waals surface area contributed by atoms with Crippen molar-refractivity contribution in [3.63, 3.8) is 0 Å². The Hall–Kier alpha value is -1.66. The third-order valence-electron chi connectivity index (χ3n) is 6.19. The van der Waals surface area contributed by atoms with Crippen molar-refractivity contribution in [1.29, 1.82) is 0 Å². The van der Waals surface area contributed by atoms with E-state index in [1.165, 1.54) is 36.3 Å². The average molecular weight is 379 g/mol. The predicted molar refractivity (Wildman–Crippen MR) is 117 cm³/mol. The maximum Gasteiger partial charge on any atom is 0.187 e. The fourth-order valence-corrected chi connectivity index (χ4v) is 7.55. The van der Waals surface area contributed by atoms with Crippen LogP contribution in [-0.2, 0) is 4.74 Å². The van der Waals surface area contributed by atoms with E-state index < -0.39 is 7.92 Å². The molecule has 1 fully saturated rings. The zero-order valence-electron chi connectivity index (χ0n) is 16.4. The molecule has 2 aromatic carbocycles. The smallest absolute Gasteiger partial charge is 0.187 e. The van der Waals surface area contributed by atoms with E-state index in [4.69, 9.17) is 9.73 Å². The van der Waals surface area contributed by atoms with Gasteiger partial charge in [-0.2, -0.15) is 0 Å². The van der Waals surface area contributed by atoms with Gasteiger partial charge >= 0.3 is 0 Å². The highest BCUT2D eigenvalue weighted by Gasteiger charge is 2.41. The Morgan fingerprint density at radius 3 is 2.22 bits per heavy atom. The quantitative estimate of drug-likeness (QED) is 0.638. The van der Waals surface area contributed by atoms with Crippen molar-refractivity contribution < 1.29 is 4.74 Å². The molecule has 4 rings (SSSR count). The first kappa shape index (κ1) is 18.7. The molecule has 0 saturated heterocycles. The van der Waals surface area contributed by atoms with E-state index in [0.29, 0.717) is 23.5 Å². The van der Waals surface area contributed by atoms with Gasteiger partial charge in [0.2, 0.25) is 0 Å². The molecule has 0 N–H and O–H groups in total. The van der Waals surface area contributed by atoms with E-state index in [0.717, 1.165) is 12.5 Å². The van der Waals surface area contributed by atoms with Crippen LogP contribution in [0, 0.1) is 11.8 Å². The highest BCUT2D eigenvalue weighted by atomic mass is 31.1. The Morgan fingerprint density at radius 2 is 1.63 bits per heavy atom. The lowest BCUT2D eigenvalue weighted by molar-refractivity contribution is 0.269. The highest BCUT2D eigenvalue weighted by Crippen LogP contribution is 2.51. The van der Waals surface area contributed by atoms with Gasteiger partial charge in [-0.25, -0.2) is 4.99 Å². The molecule has 27 heavy (non-hydrogen) atoms. The third-order valence-corrected chi connectivity index (χ3v) is 9.18. The minimum absolute atomic E-state index is 0.353. The molecular weight excluding hydrogens is 349 g/mol. The van der Waals surface area contributed by atoms with Crippen molar-refractivity contribution in [2.24, 2.45) is 16.8 Å². The fraction of sp³-hybridized carbons (Fsp3) is 0.458. The van der Waals surface area contributed by atoms with Gasteiger partial charge in [0.25, 0.3) is 0 Å². The van der Waals surface area contributed by atoms with Gasteiger partial charge in [0, 0.05) is 5.92 Å². The lowest BCUT2D eigenvalue weighted by atomic mass is 10.0. The third kappa shape index (κ3) is 3.97. The van der Waals surface area contributed by atoms with Gasteiger partial charge in [-0.05, 0) is 42.9 Å². The largest absolute Gasteiger partial charge is 0.478 e. The summed E-state index contributed by atoms with van der Waals surface area (Å²) in [6.07, 6.45) is 4.94. The number of hydrogen-bond donors (Lipinski definition) is 0. The lowest BCUT2D eigenvalue weighted by Gasteiger charge is -2.29. The van der Waals surface area contributed by atoms with Crippen LogP contribution < -0.4 is 10.6 Å². The number of nitrogens with zero attached hydrogens (tertiary/aromatic N) is 1. The zero-order valence-corrected chi connectivity index (χ0v) is 17.3. The van der Waals surface area contributed by atoms with Gasteiger partial charge in [0.05, 0.1) is 6.04 Å². The highest BCUT2D eigenvalue weighted by molar-refractivity contribution is 7.73. The summed E-state index contributed by atoms with van der Waals surface area (Å²) < 4.78 is 6.18. The molecule has 4 atom stereocenters. The standard InChI is InChI=1S/C24H30NOP/c1-3-18(2)22-17-26-24(25-22)21-15-10-16-23(21)27(19-11-6-4-7-12-19)20-13-8-5-9-14-20/h4-9,11-14,18,21-23H,3,10,15-17H2,1-2H3/t18?,21?,22-,23?/m1/s1. The van der Waals surface area contributed by atoms with Gasteiger partial charge < -0.3 is 4.74 Å². The summed E-state index contributed by atoms with van der Waals surface area (Å²) in [6.45, 7) is 5.33. The van der Waals surface area contributed by atoms with Crippen molar-refractivity contribution in [1.82, 2.24) is 0 Å². The Balaban J connectivity index is 1.66. The maximum atomic E-state index is 6.18. The molecule has 3 heteroatoms. The van der Waals surface area contributed by atoms with E-state index in [9.17, 15) is 0 Å². The second-order valence-corrected chi connectivity index (χ2v) is 10.3. The summed E-state index contributed by atoms with van der Waals surface area (Å²) in [6, 6.07) is 22.6. The Bertz CT molecular complexity index is 721. The first-order valence-corrected chi connectivity index (χ1v) is 11.8.